The maximum absolute atomic E-state index is 13.4. The minimum atomic E-state index is -3.89. The number of rotatable bonds is 7. The van der Waals surface area contributed by atoms with Crippen molar-refractivity contribution in [3.63, 3.8) is 0 Å². The maximum Gasteiger partial charge on any atom is 0.271 e. The predicted octanol–water partition coefficient (Wildman–Crippen LogP) is 2.15. The van der Waals surface area contributed by atoms with E-state index in [2.05, 4.69) is 5.32 Å². The van der Waals surface area contributed by atoms with Crippen molar-refractivity contribution in [3.8, 4) is 5.75 Å². The van der Waals surface area contributed by atoms with Gasteiger partial charge in [-0.2, -0.15) is 0 Å². The van der Waals surface area contributed by atoms with Gasteiger partial charge in [-0.25, -0.2) is 12.8 Å². The number of sulfonamides is 1. The van der Waals surface area contributed by atoms with Crippen LogP contribution in [0.25, 0.3) is 0 Å². The van der Waals surface area contributed by atoms with Gasteiger partial charge in [0.25, 0.3) is 5.69 Å². The normalized spacial score (nSPS) is 10.9. The molecule has 11 heteroatoms. The molecule has 0 aliphatic carbocycles. The SMILES string of the molecule is COc1ccc([N+](=O)[O-])cc1NC(=O)CN(c1cccc(F)c1)S(C)(=O)=O. The summed E-state index contributed by atoms with van der Waals surface area (Å²) in [5, 5.41) is 13.3. The van der Waals surface area contributed by atoms with Gasteiger partial charge in [0.05, 0.1) is 29.7 Å². The molecular formula is C16H16FN3O6S. The molecule has 0 saturated heterocycles. The van der Waals surface area contributed by atoms with Gasteiger partial charge in [-0.05, 0) is 24.3 Å². The number of non-ortho nitro benzene ring substituents is 1. The van der Waals surface area contributed by atoms with Crippen LogP contribution in [0.3, 0.4) is 0 Å². The average Bonchev–Trinajstić information content (AvgIpc) is 2.58. The molecule has 0 radical (unpaired) electrons. The Morgan fingerprint density at radius 3 is 2.56 bits per heavy atom. The molecule has 0 aromatic heterocycles. The molecule has 1 amide bonds. The van der Waals surface area contributed by atoms with Crippen LogP contribution in [0.4, 0.5) is 21.5 Å². The van der Waals surface area contributed by atoms with Crippen LogP contribution in [0.2, 0.25) is 0 Å². The van der Waals surface area contributed by atoms with Crippen LogP contribution in [-0.4, -0.2) is 39.2 Å². The zero-order valence-corrected chi connectivity index (χ0v) is 15.2. The number of carbonyl (C=O) groups excluding carboxylic acids is 1. The second-order valence-corrected chi connectivity index (χ2v) is 7.35. The smallest absolute Gasteiger partial charge is 0.271 e. The minimum Gasteiger partial charge on any atom is -0.495 e. The lowest BCUT2D eigenvalue weighted by Gasteiger charge is -2.22. The zero-order valence-electron chi connectivity index (χ0n) is 14.4. The molecule has 27 heavy (non-hydrogen) atoms. The van der Waals surface area contributed by atoms with Crippen molar-refractivity contribution in [1.29, 1.82) is 0 Å². The predicted molar refractivity (Wildman–Crippen MR) is 96.9 cm³/mol. The van der Waals surface area contributed by atoms with Crippen LogP contribution in [0.5, 0.6) is 5.75 Å². The molecule has 0 heterocycles. The lowest BCUT2D eigenvalue weighted by atomic mass is 10.2. The molecule has 1 N–H and O–H groups in total. The highest BCUT2D eigenvalue weighted by molar-refractivity contribution is 7.92. The molecule has 2 aromatic carbocycles. The summed E-state index contributed by atoms with van der Waals surface area (Å²) in [6, 6.07) is 8.35. The summed E-state index contributed by atoms with van der Waals surface area (Å²) in [5.74, 6) is -1.30. The fraction of sp³-hybridized carbons (Fsp3) is 0.188. The number of anilines is 2. The highest BCUT2D eigenvalue weighted by atomic mass is 32.2. The summed E-state index contributed by atoms with van der Waals surface area (Å²) in [5.41, 5.74) is -0.306. The molecular weight excluding hydrogens is 381 g/mol. The zero-order chi connectivity index (χ0) is 20.2. The van der Waals surface area contributed by atoms with Crippen molar-refractivity contribution < 1.29 is 27.3 Å². The summed E-state index contributed by atoms with van der Waals surface area (Å²) >= 11 is 0. The Morgan fingerprint density at radius 1 is 1.30 bits per heavy atom. The fourth-order valence-corrected chi connectivity index (χ4v) is 3.11. The first-order chi connectivity index (χ1) is 12.6. The largest absolute Gasteiger partial charge is 0.495 e. The van der Waals surface area contributed by atoms with Crippen molar-refractivity contribution >= 4 is 33.0 Å². The number of carbonyl (C=O) groups is 1. The van der Waals surface area contributed by atoms with Gasteiger partial charge in [0, 0.05) is 12.1 Å². The first kappa shape index (κ1) is 20.1. The van der Waals surface area contributed by atoms with Gasteiger partial charge in [-0.3, -0.25) is 19.2 Å². The molecule has 0 unspecified atom stereocenters. The van der Waals surface area contributed by atoms with Gasteiger partial charge in [-0.15, -0.1) is 0 Å². The first-order valence-electron chi connectivity index (χ1n) is 7.47. The van der Waals surface area contributed by atoms with E-state index in [1.165, 1.54) is 31.4 Å². The fourth-order valence-electron chi connectivity index (χ4n) is 2.26. The molecule has 0 aliphatic heterocycles. The number of hydrogen-bond acceptors (Lipinski definition) is 6. The van der Waals surface area contributed by atoms with E-state index in [1.54, 1.807) is 0 Å². The van der Waals surface area contributed by atoms with Gasteiger partial charge in [-0.1, -0.05) is 6.07 Å². The molecule has 0 atom stereocenters. The van der Waals surface area contributed by atoms with E-state index in [0.29, 0.717) is 0 Å². The summed E-state index contributed by atoms with van der Waals surface area (Å²) in [4.78, 5) is 22.6. The van der Waals surface area contributed by atoms with Gasteiger partial charge in [0.1, 0.15) is 18.1 Å². The van der Waals surface area contributed by atoms with Crippen LogP contribution in [0, 0.1) is 15.9 Å². The monoisotopic (exact) mass is 397 g/mol. The summed E-state index contributed by atoms with van der Waals surface area (Å²) in [6.07, 6.45) is 0.874. The molecule has 2 rings (SSSR count). The lowest BCUT2D eigenvalue weighted by molar-refractivity contribution is -0.384. The standard InChI is InChI=1S/C16H16FN3O6S/c1-26-15-7-6-13(20(22)23)9-14(15)18-16(21)10-19(27(2,24)25)12-5-3-4-11(17)8-12/h3-9H,10H2,1-2H3,(H,18,21). The number of ether oxygens (including phenoxy) is 1. The molecule has 0 bridgehead atoms. The molecule has 9 nitrogen and oxygen atoms in total. The summed E-state index contributed by atoms with van der Waals surface area (Å²) in [7, 11) is -2.58. The third-order valence-electron chi connectivity index (χ3n) is 3.45. The molecule has 0 spiro atoms. The van der Waals surface area contributed by atoms with Gasteiger partial charge >= 0.3 is 0 Å². The Bertz CT molecular complexity index is 980. The molecule has 2 aromatic rings. The first-order valence-corrected chi connectivity index (χ1v) is 9.32. The van der Waals surface area contributed by atoms with Gasteiger partial charge in [0.2, 0.25) is 15.9 Å². The molecule has 0 aliphatic rings. The van der Waals surface area contributed by atoms with Crippen molar-refractivity contribution in [2.75, 3.05) is 29.5 Å². The third kappa shape index (κ3) is 5.14. The lowest BCUT2D eigenvalue weighted by Crippen LogP contribution is -2.37. The Morgan fingerprint density at radius 2 is 2.00 bits per heavy atom. The second kappa shape index (κ2) is 7.99. The number of nitrogens with one attached hydrogen (secondary N) is 1. The number of nitrogens with zero attached hydrogens (tertiary/aromatic N) is 2. The van der Waals surface area contributed by atoms with E-state index in [0.717, 1.165) is 28.8 Å². The Hall–Kier alpha value is -3.21. The van der Waals surface area contributed by atoms with Crippen LogP contribution in [0.1, 0.15) is 0 Å². The van der Waals surface area contributed by atoms with Gasteiger partial charge in [0.15, 0.2) is 0 Å². The van der Waals surface area contributed by atoms with Crippen LogP contribution in [0.15, 0.2) is 42.5 Å². The number of benzene rings is 2. The van der Waals surface area contributed by atoms with Crippen molar-refractivity contribution in [1.82, 2.24) is 0 Å². The van der Waals surface area contributed by atoms with E-state index < -0.39 is 33.2 Å². The summed E-state index contributed by atoms with van der Waals surface area (Å²) < 4.78 is 43.2. The van der Waals surface area contributed by atoms with E-state index in [9.17, 15) is 27.7 Å². The second-order valence-electron chi connectivity index (χ2n) is 5.44. The van der Waals surface area contributed by atoms with Crippen LogP contribution < -0.4 is 14.4 Å². The Kier molecular flexibility index (Phi) is 5.95. The number of methoxy groups -OCH3 is 1. The highest BCUT2D eigenvalue weighted by Crippen LogP contribution is 2.29. The Balaban J connectivity index is 2.29. The van der Waals surface area contributed by atoms with E-state index in [4.69, 9.17) is 4.74 Å². The van der Waals surface area contributed by atoms with Crippen molar-refractivity contribution in [2.24, 2.45) is 0 Å². The number of hydrogen-bond donors (Lipinski definition) is 1. The van der Waals surface area contributed by atoms with Crippen molar-refractivity contribution in [2.45, 2.75) is 0 Å². The number of nitro groups is 1. The Labute approximate surface area is 154 Å². The molecule has 0 fully saturated rings. The van der Waals surface area contributed by atoms with Crippen molar-refractivity contribution in [3.05, 3.63) is 58.4 Å². The molecule has 144 valence electrons. The summed E-state index contributed by atoms with van der Waals surface area (Å²) in [6.45, 7) is -0.659. The number of halogens is 1. The van der Waals surface area contributed by atoms with E-state index in [1.807, 2.05) is 0 Å². The number of amides is 1. The minimum absolute atomic E-state index is 0.00407. The van der Waals surface area contributed by atoms with Crippen LogP contribution in [-0.2, 0) is 14.8 Å². The average molecular weight is 397 g/mol. The quantitative estimate of drug-likeness (QED) is 0.565. The maximum atomic E-state index is 13.4. The van der Waals surface area contributed by atoms with E-state index >= 15 is 0 Å². The van der Waals surface area contributed by atoms with Gasteiger partial charge < -0.3 is 10.1 Å². The topological polar surface area (TPSA) is 119 Å². The number of nitro benzene ring substituents is 1. The molecule has 0 saturated carbocycles. The third-order valence-corrected chi connectivity index (χ3v) is 4.59. The van der Waals surface area contributed by atoms with E-state index in [-0.39, 0.29) is 22.8 Å². The highest BCUT2D eigenvalue weighted by Gasteiger charge is 2.22. The van der Waals surface area contributed by atoms with Crippen LogP contribution >= 0.6 is 0 Å².